The molecule has 0 aliphatic carbocycles. The van der Waals surface area contributed by atoms with E-state index in [0.29, 0.717) is 5.56 Å². The minimum Gasteiger partial charge on any atom is -0.296 e. The Morgan fingerprint density at radius 2 is 2.19 bits per heavy atom. The van der Waals surface area contributed by atoms with Crippen molar-refractivity contribution in [2.45, 2.75) is 6.92 Å². The van der Waals surface area contributed by atoms with Gasteiger partial charge in [0.15, 0.2) is 0 Å². The monoisotopic (exact) mass is 244 g/mol. The fourth-order valence-electron chi connectivity index (χ4n) is 1.11. The van der Waals surface area contributed by atoms with Crippen LogP contribution in [0.2, 0.25) is 0 Å². The highest BCUT2D eigenvalue weighted by molar-refractivity contribution is 7.92. The molecule has 0 radical (unpaired) electrons. The van der Waals surface area contributed by atoms with Crippen LogP contribution in [0.1, 0.15) is 12.5 Å². The first-order chi connectivity index (χ1) is 7.48. The molecule has 6 heteroatoms. The molecular weight excluding hydrogens is 231 g/mol. The maximum atomic E-state index is 13.0. The van der Waals surface area contributed by atoms with Gasteiger partial charge in [0.1, 0.15) is 5.82 Å². The highest BCUT2D eigenvalue weighted by Crippen LogP contribution is 2.17. The van der Waals surface area contributed by atoms with E-state index in [1.807, 2.05) is 0 Å². The van der Waals surface area contributed by atoms with Gasteiger partial charge in [0.05, 0.1) is 11.4 Å². The third-order valence-corrected chi connectivity index (χ3v) is 3.22. The molecule has 0 fully saturated rings. The number of sulfonamides is 1. The van der Waals surface area contributed by atoms with Gasteiger partial charge in [0.25, 0.3) is 0 Å². The second kappa shape index (κ2) is 5.07. The molecule has 0 amide bonds. The summed E-state index contributed by atoms with van der Waals surface area (Å²) in [6.07, 6.45) is 1.47. The molecule has 0 aromatic heterocycles. The second-order valence-electron chi connectivity index (χ2n) is 3.12. The zero-order valence-corrected chi connectivity index (χ0v) is 9.88. The lowest BCUT2D eigenvalue weighted by Gasteiger charge is -2.08. The fourth-order valence-corrected chi connectivity index (χ4v) is 1.76. The number of aliphatic imine (C=N–C) groups is 1. The number of anilines is 1. The van der Waals surface area contributed by atoms with Gasteiger partial charge in [-0.15, -0.1) is 0 Å². The van der Waals surface area contributed by atoms with E-state index in [1.165, 1.54) is 25.3 Å². The molecule has 4 nitrogen and oxygen atoms in total. The average Bonchev–Trinajstić information content (AvgIpc) is 2.22. The maximum Gasteiger partial charge on any atom is 0.232 e. The molecule has 1 aromatic rings. The van der Waals surface area contributed by atoms with Crippen LogP contribution in [-0.2, 0) is 10.0 Å². The molecule has 1 N–H and O–H groups in total. The van der Waals surface area contributed by atoms with Gasteiger partial charge in [-0.25, -0.2) is 12.8 Å². The van der Waals surface area contributed by atoms with Crippen molar-refractivity contribution in [3.8, 4) is 0 Å². The second-order valence-corrected chi connectivity index (χ2v) is 5.14. The summed E-state index contributed by atoms with van der Waals surface area (Å²) in [5, 5.41) is 0. The largest absolute Gasteiger partial charge is 0.296 e. The van der Waals surface area contributed by atoms with Gasteiger partial charge in [0, 0.05) is 18.8 Å². The van der Waals surface area contributed by atoms with E-state index in [-0.39, 0.29) is 11.4 Å². The van der Waals surface area contributed by atoms with Crippen LogP contribution >= 0.6 is 0 Å². The molecular formula is C10H13FN2O2S. The van der Waals surface area contributed by atoms with E-state index in [1.54, 1.807) is 7.05 Å². The molecule has 0 heterocycles. The van der Waals surface area contributed by atoms with Gasteiger partial charge in [-0.1, -0.05) is 0 Å². The molecule has 0 aliphatic rings. The predicted molar refractivity (Wildman–Crippen MR) is 63.0 cm³/mol. The predicted octanol–water partition coefficient (Wildman–Crippen LogP) is 1.64. The number of hydrogen-bond acceptors (Lipinski definition) is 3. The van der Waals surface area contributed by atoms with Crippen LogP contribution in [0.4, 0.5) is 10.1 Å². The number of halogens is 1. The Morgan fingerprint density at radius 3 is 2.75 bits per heavy atom. The minimum absolute atomic E-state index is 0.0633. The van der Waals surface area contributed by atoms with Crippen molar-refractivity contribution in [3.05, 3.63) is 29.6 Å². The maximum absolute atomic E-state index is 13.0. The highest BCUT2D eigenvalue weighted by atomic mass is 32.2. The van der Waals surface area contributed by atoms with Crippen molar-refractivity contribution in [3.63, 3.8) is 0 Å². The Labute approximate surface area is 94.3 Å². The van der Waals surface area contributed by atoms with Gasteiger partial charge in [-0.05, 0) is 25.1 Å². The van der Waals surface area contributed by atoms with E-state index in [0.717, 1.165) is 6.07 Å². The van der Waals surface area contributed by atoms with E-state index >= 15 is 0 Å². The lowest BCUT2D eigenvalue weighted by molar-refractivity contribution is 0.602. The summed E-state index contributed by atoms with van der Waals surface area (Å²) in [4.78, 5) is 3.77. The quantitative estimate of drug-likeness (QED) is 0.818. The van der Waals surface area contributed by atoms with E-state index in [9.17, 15) is 12.8 Å². The van der Waals surface area contributed by atoms with E-state index < -0.39 is 15.8 Å². The first-order valence-corrected chi connectivity index (χ1v) is 6.36. The van der Waals surface area contributed by atoms with Crippen molar-refractivity contribution in [1.29, 1.82) is 0 Å². The zero-order chi connectivity index (χ0) is 12.2. The van der Waals surface area contributed by atoms with Gasteiger partial charge in [-0.2, -0.15) is 0 Å². The van der Waals surface area contributed by atoms with Gasteiger partial charge in [-0.3, -0.25) is 9.71 Å². The summed E-state index contributed by atoms with van der Waals surface area (Å²) < 4.78 is 38.0. The Morgan fingerprint density at radius 1 is 1.50 bits per heavy atom. The zero-order valence-electron chi connectivity index (χ0n) is 9.07. The highest BCUT2D eigenvalue weighted by Gasteiger charge is 2.10. The molecule has 0 saturated carbocycles. The molecule has 16 heavy (non-hydrogen) atoms. The third kappa shape index (κ3) is 3.30. The summed E-state index contributed by atoms with van der Waals surface area (Å²) in [5.74, 6) is -0.561. The van der Waals surface area contributed by atoms with Crippen LogP contribution in [-0.4, -0.2) is 27.4 Å². The Hall–Kier alpha value is -1.43. The van der Waals surface area contributed by atoms with Crippen LogP contribution in [0.3, 0.4) is 0 Å². The van der Waals surface area contributed by atoms with Crippen LogP contribution in [0.5, 0.6) is 0 Å². The molecule has 0 aliphatic heterocycles. The van der Waals surface area contributed by atoms with Crippen molar-refractivity contribution in [2.24, 2.45) is 4.99 Å². The third-order valence-electron chi connectivity index (χ3n) is 1.93. The molecule has 0 saturated heterocycles. The first-order valence-electron chi connectivity index (χ1n) is 4.70. The summed E-state index contributed by atoms with van der Waals surface area (Å²) >= 11 is 0. The molecule has 0 atom stereocenters. The van der Waals surface area contributed by atoms with E-state index in [2.05, 4.69) is 9.71 Å². The van der Waals surface area contributed by atoms with Crippen molar-refractivity contribution < 1.29 is 12.8 Å². The van der Waals surface area contributed by atoms with Crippen LogP contribution in [0.25, 0.3) is 0 Å². The minimum atomic E-state index is -3.41. The van der Waals surface area contributed by atoms with Crippen LogP contribution in [0, 0.1) is 5.82 Å². The molecule has 0 unspecified atom stereocenters. The number of hydrogen-bond donors (Lipinski definition) is 1. The van der Waals surface area contributed by atoms with E-state index in [4.69, 9.17) is 0 Å². The van der Waals surface area contributed by atoms with Gasteiger partial charge >= 0.3 is 0 Å². The van der Waals surface area contributed by atoms with Gasteiger partial charge < -0.3 is 0 Å². The van der Waals surface area contributed by atoms with Crippen LogP contribution in [0.15, 0.2) is 23.2 Å². The number of nitrogens with zero attached hydrogens (tertiary/aromatic N) is 1. The molecule has 1 aromatic carbocycles. The van der Waals surface area contributed by atoms with Gasteiger partial charge in [0.2, 0.25) is 10.0 Å². The van der Waals surface area contributed by atoms with Crippen molar-refractivity contribution in [2.75, 3.05) is 17.5 Å². The fraction of sp³-hybridized carbons (Fsp3) is 0.300. The normalized spacial score (nSPS) is 11.9. The molecule has 88 valence electrons. The Bertz CT molecular complexity index is 498. The standard InChI is InChI=1S/C10H13FN2O2S/c1-3-16(14,15)13-10-6-9(11)5-4-8(10)7-12-2/h4-7,13H,3H2,1-2H3. The number of nitrogens with one attached hydrogen (secondary N) is 1. The molecule has 1 rings (SSSR count). The molecule has 0 bridgehead atoms. The molecule has 0 spiro atoms. The summed E-state index contributed by atoms with van der Waals surface area (Å²) in [6.45, 7) is 1.51. The Kier molecular flexibility index (Phi) is 4.00. The summed E-state index contributed by atoms with van der Waals surface area (Å²) in [7, 11) is -1.85. The summed E-state index contributed by atoms with van der Waals surface area (Å²) in [5.41, 5.74) is 0.730. The lowest BCUT2D eigenvalue weighted by Crippen LogP contribution is -2.16. The lowest BCUT2D eigenvalue weighted by atomic mass is 10.2. The first kappa shape index (κ1) is 12.6. The van der Waals surface area contributed by atoms with Crippen molar-refractivity contribution >= 4 is 21.9 Å². The Balaban J connectivity index is 3.15. The number of benzene rings is 1. The number of rotatable bonds is 4. The van der Waals surface area contributed by atoms with Crippen molar-refractivity contribution in [1.82, 2.24) is 0 Å². The topological polar surface area (TPSA) is 58.5 Å². The summed E-state index contributed by atoms with van der Waals surface area (Å²) in [6, 6.07) is 3.85. The van der Waals surface area contributed by atoms with Crippen LogP contribution < -0.4 is 4.72 Å². The average molecular weight is 244 g/mol. The smallest absolute Gasteiger partial charge is 0.232 e. The SMILES string of the molecule is CCS(=O)(=O)Nc1cc(F)ccc1C=NC.